The van der Waals surface area contributed by atoms with E-state index in [-0.39, 0.29) is 24.0 Å². The molecule has 0 aliphatic rings. The Balaban J connectivity index is 0.00000480. The molecule has 172 valence electrons. The molecule has 1 aromatic heterocycles. The molecule has 8 heteroatoms. The van der Waals surface area contributed by atoms with Crippen molar-refractivity contribution >= 4 is 29.9 Å². The molecule has 2 N–H and O–H groups in total. The van der Waals surface area contributed by atoms with Gasteiger partial charge in [0.1, 0.15) is 6.61 Å². The van der Waals surface area contributed by atoms with Crippen LogP contribution in [0.25, 0.3) is 0 Å². The fraction of sp³-hybridized carbons (Fsp3) is 0.478. The van der Waals surface area contributed by atoms with Crippen LogP contribution in [0, 0.1) is 0 Å². The van der Waals surface area contributed by atoms with Crippen LogP contribution in [0.5, 0.6) is 11.5 Å². The molecule has 0 fully saturated rings. The van der Waals surface area contributed by atoms with Crippen molar-refractivity contribution in [2.75, 3.05) is 46.9 Å². The zero-order valence-electron chi connectivity index (χ0n) is 19.1. The summed E-state index contributed by atoms with van der Waals surface area (Å²) >= 11 is 0. The Kier molecular flexibility index (Phi) is 13.6. The summed E-state index contributed by atoms with van der Waals surface area (Å²) in [5.41, 5.74) is 2.15. The number of aromatic nitrogens is 1. The molecule has 0 bridgehead atoms. The van der Waals surface area contributed by atoms with Gasteiger partial charge in [0.15, 0.2) is 17.5 Å². The molecular formula is C23H36IN5O2. The third-order valence-electron chi connectivity index (χ3n) is 4.87. The first-order valence-corrected chi connectivity index (χ1v) is 10.6. The summed E-state index contributed by atoms with van der Waals surface area (Å²) in [5.74, 6) is 2.27. The van der Waals surface area contributed by atoms with E-state index in [1.54, 1.807) is 14.2 Å². The normalized spacial score (nSPS) is 11.1. The second-order valence-electron chi connectivity index (χ2n) is 6.78. The Bertz CT molecular complexity index is 770. The average Bonchev–Trinajstić information content (AvgIpc) is 2.80. The smallest absolute Gasteiger partial charge is 0.191 e. The minimum Gasteiger partial charge on any atom is -0.493 e. The number of hydrogen-bond donors (Lipinski definition) is 2. The van der Waals surface area contributed by atoms with Crippen LogP contribution in [0.1, 0.15) is 25.1 Å². The van der Waals surface area contributed by atoms with Gasteiger partial charge in [-0.15, -0.1) is 24.0 Å². The maximum atomic E-state index is 5.93. The fourth-order valence-electron chi connectivity index (χ4n) is 3.03. The van der Waals surface area contributed by atoms with Gasteiger partial charge in [-0.1, -0.05) is 26.0 Å². The minimum absolute atomic E-state index is 0. The molecule has 0 unspecified atom stereocenters. The van der Waals surface area contributed by atoms with Crippen LogP contribution in [-0.4, -0.2) is 62.8 Å². The lowest BCUT2D eigenvalue weighted by molar-refractivity contribution is 0.217. The number of pyridine rings is 1. The SMILES string of the molecule is CCN(CC)CCOc1ccc(CNC(=NC)NCCc2ccccn2)cc1OC.I. The minimum atomic E-state index is 0. The number of ether oxygens (including phenoxy) is 2. The van der Waals surface area contributed by atoms with E-state index in [0.717, 1.165) is 61.3 Å². The largest absolute Gasteiger partial charge is 0.493 e. The predicted octanol–water partition coefficient (Wildman–Crippen LogP) is 3.34. The average molecular weight is 541 g/mol. The van der Waals surface area contributed by atoms with Crippen molar-refractivity contribution in [2.45, 2.75) is 26.8 Å². The zero-order valence-corrected chi connectivity index (χ0v) is 21.4. The van der Waals surface area contributed by atoms with E-state index in [4.69, 9.17) is 9.47 Å². The van der Waals surface area contributed by atoms with Crippen molar-refractivity contribution in [3.8, 4) is 11.5 Å². The van der Waals surface area contributed by atoms with Gasteiger partial charge in [0.25, 0.3) is 0 Å². The monoisotopic (exact) mass is 541 g/mol. The predicted molar refractivity (Wildman–Crippen MR) is 138 cm³/mol. The maximum Gasteiger partial charge on any atom is 0.191 e. The number of hydrogen-bond acceptors (Lipinski definition) is 5. The van der Waals surface area contributed by atoms with E-state index in [1.807, 2.05) is 42.6 Å². The molecule has 0 aliphatic carbocycles. The molecule has 7 nitrogen and oxygen atoms in total. The summed E-state index contributed by atoms with van der Waals surface area (Å²) in [5, 5.41) is 6.65. The Labute approximate surface area is 203 Å². The Morgan fingerprint density at radius 1 is 1.10 bits per heavy atom. The van der Waals surface area contributed by atoms with Crippen molar-refractivity contribution in [1.29, 1.82) is 0 Å². The molecule has 0 atom stereocenters. The van der Waals surface area contributed by atoms with Gasteiger partial charge in [-0.3, -0.25) is 9.98 Å². The highest BCUT2D eigenvalue weighted by Gasteiger charge is 2.08. The third kappa shape index (κ3) is 9.73. The van der Waals surface area contributed by atoms with Gasteiger partial charge >= 0.3 is 0 Å². The molecular weight excluding hydrogens is 505 g/mol. The molecule has 2 aromatic rings. The van der Waals surface area contributed by atoms with E-state index >= 15 is 0 Å². The number of nitrogens with zero attached hydrogens (tertiary/aromatic N) is 3. The summed E-state index contributed by atoms with van der Waals surface area (Å²) in [6.45, 7) is 9.32. The molecule has 1 heterocycles. The van der Waals surface area contributed by atoms with Crippen molar-refractivity contribution in [1.82, 2.24) is 20.5 Å². The van der Waals surface area contributed by atoms with E-state index in [1.165, 1.54) is 0 Å². The second kappa shape index (κ2) is 15.7. The number of aliphatic imine (C=N–C) groups is 1. The number of halogens is 1. The highest BCUT2D eigenvalue weighted by atomic mass is 127. The van der Waals surface area contributed by atoms with Crippen LogP contribution < -0.4 is 20.1 Å². The second-order valence-corrected chi connectivity index (χ2v) is 6.78. The zero-order chi connectivity index (χ0) is 21.6. The first-order chi connectivity index (χ1) is 14.7. The first-order valence-electron chi connectivity index (χ1n) is 10.6. The molecule has 0 amide bonds. The standard InChI is InChI=1S/C23H35N5O2.HI/c1-5-28(6-2)15-16-30-21-11-10-19(17-22(21)29-4)18-27-23(24-3)26-14-12-20-9-7-8-13-25-20;/h7-11,13,17H,5-6,12,14-16,18H2,1-4H3,(H2,24,26,27);1H. The van der Waals surface area contributed by atoms with E-state index in [2.05, 4.69) is 39.4 Å². The quantitative estimate of drug-likeness (QED) is 0.244. The molecule has 0 spiro atoms. The lowest BCUT2D eigenvalue weighted by Crippen LogP contribution is -2.37. The number of methoxy groups -OCH3 is 1. The van der Waals surface area contributed by atoms with Crippen LogP contribution in [0.15, 0.2) is 47.6 Å². The summed E-state index contributed by atoms with van der Waals surface area (Å²) in [6, 6.07) is 12.0. The molecule has 0 radical (unpaired) electrons. The molecule has 0 saturated heterocycles. The molecule has 1 aromatic carbocycles. The van der Waals surface area contributed by atoms with Crippen molar-refractivity contribution in [3.05, 3.63) is 53.9 Å². The first kappa shape index (κ1) is 27.0. The van der Waals surface area contributed by atoms with E-state index < -0.39 is 0 Å². The van der Waals surface area contributed by atoms with Crippen molar-refractivity contribution in [2.24, 2.45) is 4.99 Å². The Hall–Kier alpha value is -2.07. The van der Waals surface area contributed by atoms with Gasteiger partial charge in [0, 0.05) is 45.0 Å². The number of guanidine groups is 1. The van der Waals surface area contributed by atoms with Crippen LogP contribution in [0.3, 0.4) is 0 Å². The van der Waals surface area contributed by atoms with Crippen molar-refractivity contribution in [3.63, 3.8) is 0 Å². The number of nitrogens with one attached hydrogen (secondary N) is 2. The van der Waals surface area contributed by atoms with Gasteiger partial charge < -0.3 is 25.0 Å². The topological polar surface area (TPSA) is 71.0 Å². The number of likely N-dealkylation sites (N-methyl/N-ethyl adjacent to an activating group) is 1. The summed E-state index contributed by atoms with van der Waals surface area (Å²) < 4.78 is 11.5. The lowest BCUT2D eigenvalue weighted by atomic mass is 10.2. The van der Waals surface area contributed by atoms with Crippen molar-refractivity contribution < 1.29 is 9.47 Å². The van der Waals surface area contributed by atoms with Crippen LogP contribution in [0.2, 0.25) is 0 Å². The van der Waals surface area contributed by atoms with E-state index in [9.17, 15) is 0 Å². The maximum absolute atomic E-state index is 5.93. The third-order valence-corrected chi connectivity index (χ3v) is 4.87. The number of benzene rings is 1. The van der Waals surface area contributed by atoms with Gasteiger partial charge in [0.2, 0.25) is 0 Å². The molecule has 0 aliphatic heterocycles. The molecule has 31 heavy (non-hydrogen) atoms. The summed E-state index contributed by atoms with van der Waals surface area (Å²) in [4.78, 5) is 10.9. The van der Waals surface area contributed by atoms with Gasteiger partial charge in [-0.2, -0.15) is 0 Å². The van der Waals surface area contributed by atoms with Crippen LogP contribution >= 0.6 is 24.0 Å². The van der Waals surface area contributed by atoms with Crippen LogP contribution in [0.4, 0.5) is 0 Å². The number of rotatable bonds is 12. The van der Waals surface area contributed by atoms with Gasteiger partial charge in [0.05, 0.1) is 7.11 Å². The molecule has 0 saturated carbocycles. The van der Waals surface area contributed by atoms with Gasteiger partial charge in [-0.25, -0.2) is 0 Å². The van der Waals surface area contributed by atoms with E-state index in [0.29, 0.717) is 13.2 Å². The fourth-order valence-corrected chi connectivity index (χ4v) is 3.03. The van der Waals surface area contributed by atoms with Gasteiger partial charge in [-0.05, 0) is 42.9 Å². The summed E-state index contributed by atoms with van der Waals surface area (Å²) in [7, 11) is 3.44. The Morgan fingerprint density at radius 3 is 2.55 bits per heavy atom. The lowest BCUT2D eigenvalue weighted by Gasteiger charge is -2.19. The van der Waals surface area contributed by atoms with Crippen LogP contribution in [-0.2, 0) is 13.0 Å². The highest BCUT2D eigenvalue weighted by Crippen LogP contribution is 2.28. The highest BCUT2D eigenvalue weighted by molar-refractivity contribution is 14.0. The molecule has 2 rings (SSSR count). The summed E-state index contributed by atoms with van der Waals surface area (Å²) in [6.07, 6.45) is 2.65. The Morgan fingerprint density at radius 2 is 1.90 bits per heavy atom.